The number of nitrogens with zero attached hydrogens (tertiary/aromatic N) is 3. The van der Waals surface area contributed by atoms with Gasteiger partial charge >= 0.3 is 5.69 Å². The van der Waals surface area contributed by atoms with Crippen molar-refractivity contribution >= 4 is 27.7 Å². The molecule has 0 atom stereocenters. The lowest BCUT2D eigenvalue weighted by Crippen LogP contribution is -2.41. The summed E-state index contributed by atoms with van der Waals surface area (Å²) in [6.45, 7) is -0.0474. The first-order valence-corrected chi connectivity index (χ1v) is 8.97. The number of amides is 1. The van der Waals surface area contributed by atoms with Gasteiger partial charge in [-0.2, -0.15) is 0 Å². The number of aromatic amines is 1. The van der Waals surface area contributed by atoms with Crippen molar-refractivity contribution in [2.75, 3.05) is 6.54 Å². The molecule has 0 saturated carbocycles. The Bertz CT molecular complexity index is 1400. The van der Waals surface area contributed by atoms with Crippen LogP contribution in [0, 0.1) is 0 Å². The highest BCUT2D eigenvalue weighted by molar-refractivity contribution is 5.79. The number of carbonyl (C=O) groups is 1. The van der Waals surface area contributed by atoms with E-state index in [1.54, 1.807) is 48.5 Å². The Kier molecular flexibility index (Phi) is 4.78. The molecule has 0 aliphatic heterocycles. The number of H-pyrrole nitrogens is 1. The minimum absolute atomic E-state index is 0.152. The van der Waals surface area contributed by atoms with Gasteiger partial charge in [0.2, 0.25) is 5.91 Å². The molecular formula is C20H17N5O4. The maximum absolute atomic E-state index is 12.5. The summed E-state index contributed by atoms with van der Waals surface area (Å²) >= 11 is 0. The molecule has 4 aromatic rings. The highest BCUT2D eigenvalue weighted by atomic mass is 16.2. The van der Waals surface area contributed by atoms with Gasteiger partial charge in [0.25, 0.3) is 11.1 Å². The third-order valence-corrected chi connectivity index (χ3v) is 4.60. The highest BCUT2D eigenvalue weighted by Crippen LogP contribution is 2.04. The van der Waals surface area contributed by atoms with E-state index in [9.17, 15) is 19.2 Å². The molecule has 4 rings (SSSR count). The number of nitrogens with one attached hydrogen (secondary N) is 2. The number of fused-ring (bicyclic) bond motifs is 2. The van der Waals surface area contributed by atoms with Crippen LogP contribution in [0.4, 0.5) is 0 Å². The molecule has 1 amide bonds. The SMILES string of the molecule is O=C(Cn1c(=O)[nH]c2ccccc2c1=O)NCCn1cnc2ccccc2c1=O. The standard InChI is InChI=1S/C20H17N5O4/c26-17(11-25-19(28)14-6-2-4-8-16(14)23-20(25)29)21-9-10-24-12-22-15-7-3-1-5-13(15)18(24)27/h1-8,12H,9-11H2,(H,21,26)(H,23,29). The average Bonchev–Trinajstić information content (AvgIpc) is 2.73. The first-order chi connectivity index (χ1) is 14.0. The van der Waals surface area contributed by atoms with Crippen LogP contribution in [0.5, 0.6) is 0 Å². The quantitative estimate of drug-likeness (QED) is 0.504. The van der Waals surface area contributed by atoms with E-state index in [2.05, 4.69) is 15.3 Å². The van der Waals surface area contributed by atoms with Gasteiger partial charge in [0.1, 0.15) is 6.54 Å². The molecule has 9 nitrogen and oxygen atoms in total. The van der Waals surface area contributed by atoms with Gasteiger partial charge in [0.05, 0.1) is 28.1 Å². The largest absolute Gasteiger partial charge is 0.353 e. The predicted molar refractivity (Wildman–Crippen MR) is 108 cm³/mol. The number of hydrogen-bond donors (Lipinski definition) is 2. The fourth-order valence-electron chi connectivity index (χ4n) is 3.12. The van der Waals surface area contributed by atoms with E-state index in [0.29, 0.717) is 21.8 Å². The fourth-order valence-corrected chi connectivity index (χ4v) is 3.12. The Morgan fingerprint density at radius 3 is 2.52 bits per heavy atom. The molecule has 0 saturated heterocycles. The molecule has 0 fully saturated rings. The van der Waals surface area contributed by atoms with Gasteiger partial charge in [-0.25, -0.2) is 9.78 Å². The number of rotatable bonds is 5. The molecule has 0 spiro atoms. The molecule has 9 heteroatoms. The molecule has 2 aromatic heterocycles. The van der Waals surface area contributed by atoms with E-state index >= 15 is 0 Å². The summed E-state index contributed by atoms with van der Waals surface area (Å²) in [5, 5.41) is 3.44. The van der Waals surface area contributed by atoms with E-state index in [0.717, 1.165) is 4.57 Å². The lowest BCUT2D eigenvalue weighted by atomic mass is 10.2. The van der Waals surface area contributed by atoms with E-state index in [-0.39, 0.29) is 18.6 Å². The van der Waals surface area contributed by atoms with E-state index < -0.39 is 23.7 Å². The van der Waals surface area contributed by atoms with Gasteiger partial charge in [-0.05, 0) is 24.3 Å². The molecule has 29 heavy (non-hydrogen) atoms. The Hall–Kier alpha value is -4.01. The van der Waals surface area contributed by atoms with Crippen LogP contribution in [0.3, 0.4) is 0 Å². The van der Waals surface area contributed by atoms with Gasteiger partial charge in [0, 0.05) is 13.1 Å². The van der Waals surface area contributed by atoms with Gasteiger partial charge in [-0.3, -0.25) is 23.5 Å². The molecule has 0 bridgehead atoms. The number of benzene rings is 2. The van der Waals surface area contributed by atoms with Crippen LogP contribution in [-0.2, 0) is 17.9 Å². The van der Waals surface area contributed by atoms with Crippen molar-refractivity contribution in [1.82, 2.24) is 24.4 Å². The lowest BCUT2D eigenvalue weighted by molar-refractivity contribution is -0.121. The van der Waals surface area contributed by atoms with Crippen molar-refractivity contribution in [2.24, 2.45) is 0 Å². The molecule has 0 aliphatic rings. The minimum atomic E-state index is -0.654. The average molecular weight is 391 g/mol. The van der Waals surface area contributed by atoms with Crippen LogP contribution in [0.2, 0.25) is 0 Å². The molecule has 2 heterocycles. The molecule has 2 aromatic carbocycles. The van der Waals surface area contributed by atoms with Gasteiger partial charge in [-0.15, -0.1) is 0 Å². The summed E-state index contributed by atoms with van der Waals surface area (Å²) in [5.41, 5.74) is -0.365. The summed E-state index contributed by atoms with van der Waals surface area (Å²) in [4.78, 5) is 56.0. The van der Waals surface area contributed by atoms with Gasteiger partial charge < -0.3 is 10.3 Å². The number of aromatic nitrogens is 4. The minimum Gasteiger partial charge on any atom is -0.353 e. The first kappa shape index (κ1) is 18.4. The topological polar surface area (TPSA) is 119 Å². The second kappa shape index (κ2) is 7.55. The Morgan fingerprint density at radius 2 is 1.69 bits per heavy atom. The Morgan fingerprint density at radius 1 is 0.966 bits per heavy atom. The Balaban J connectivity index is 1.46. The van der Waals surface area contributed by atoms with Crippen LogP contribution in [-0.4, -0.2) is 31.6 Å². The van der Waals surface area contributed by atoms with Gasteiger partial charge in [0.15, 0.2) is 0 Å². The van der Waals surface area contributed by atoms with Crippen LogP contribution in [0.1, 0.15) is 0 Å². The van der Waals surface area contributed by atoms with Crippen molar-refractivity contribution in [3.63, 3.8) is 0 Å². The molecule has 0 unspecified atom stereocenters. The molecular weight excluding hydrogens is 374 g/mol. The molecule has 0 aliphatic carbocycles. The van der Waals surface area contributed by atoms with Crippen molar-refractivity contribution in [2.45, 2.75) is 13.1 Å². The third kappa shape index (κ3) is 3.57. The molecule has 0 radical (unpaired) electrons. The fraction of sp³-hybridized carbons (Fsp3) is 0.150. The monoisotopic (exact) mass is 391 g/mol. The van der Waals surface area contributed by atoms with Crippen LogP contribution < -0.4 is 22.1 Å². The van der Waals surface area contributed by atoms with E-state index in [1.807, 2.05) is 0 Å². The van der Waals surface area contributed by atoms with Crippen molar-refractivity contribution in [3.05, 3.63) is 86.1 Å². The number of hydrogen-bond acceptors (Lipinski definition) is 5. The normalized spacial score (nSPS) is 11.0. The number of para-hydroxylation sites is 2. The maximum atomic E-state index is 12.5. The zero-order chi connectivity index (χ0) is 20.4. The third-order valence-electron chi connectivity index (χ3n) is 4.60. The molecule has 2 N–H and O–H groups in total. The van der Waals surface area contributed by atoms with Crippen LogP contribution in [0.15, 0.2) is 69.2 Å². The second-order valence-corrected chi connectivity index (χ2v) is 6.48. The van der Waals surface area contributed by atoms with Crippen molar-refractivity contribution in [3.8, 4) is 0 Å². The van der Waals surface area contributed by atoms with Gasteiger partial charge in [-0.1, -0.05) is 24.3 Å². The summed E-state index contributed by atoms with van der Waals surface area (Å²) in [7, 11) is 0. The lowest BCUT2D eigenvalue weighted by Gasteiger charge is -2.09. The summed E-state index contributed by atoms with van der Waals surface area (Å²) in [6.07, 6.45) is 1.43. The maximum Gasteiger partial charge on any atom is 0.329 e. The Labute approximate surface area is 163 Å². The van der Waals surface area contributed by atoms with Crippen molar-refractivity contribution < 1.29 is 4.79 Å². The zero-order valence-corrected chi connectivity index (χ0v) is 15.3. The van der Waals surface area contributed by atoms with E-state index in [4.69, 9.17) is 0 Å². The smallest absolute Gasteiger partial charge is 0.329 e. The van der Waals surface area contributed by atoms with Crippen LogP contribution >= 0.6 is 0 Å². The predicted octanol–water partition coefficient (Wildman–Crippen LogP) is 0.216. The first-order valence-electron chi connectivity index (χ1n) is 8.97. The number of carbonyl (C=O) groups excluding carboxylic acids is 1. The van der Waals surface area contributed by atoms with Crippen molar-refractivity contribution in [1.29, 1.82) is 0 Å². The summed E-state index contributed by atoms with van der Waals surface area (Å²) in [5.74, 6) is -0.505. The summed E-state index contributed by atoms with van der Waals surface area (Å²) < 4.78 is 2.25. The van der Waals surface area contributed by atoms with Crippen LogP contribution in [0.25, 0.3) is 21.8 Å². The highest BCUT2D eigenvalue weighted by Gasteiger charge is 2.11. The zero-order valence-electron chi connectivity index (χ0n) is 15.3. The van der Waals surface area contributed by atoms with E-state index in [1.165, 1.54) is 10.9 Å². The molecule has 146 valence electrons. The summed E-state index contributed by atoms with van der Waals surface area (Å²) in [6, 6.07) is 13.6. The second-order valence-electron chi connectivity index (χ2n) is 6.48.